The van der Waals surface area contributed by atoms with Gasteiger partial charge in [0.05, 0.1) is 25.3 Å². The molecule has 0 N–H and O–H groups in total. The number of hydrogen-bond donors (Lipinski definition) is 0. The summed E-state index contributed by atoms with van der Waals surface area (Å²) >= 11 is 0. The van der Waals surface area contributed by atoms with Gasteiger partial charge in [0.1, 0.15) is 23.7 Å². The first-order valence-electron chi connectivity index (χ1n) is 8.81. The molecule has 6 heteroatoms. The number of benzene rings is 2. The first-order chi connectivity index (χ1) is 13.1. The molecule has 1 aliphatic carbocycles. The van der Waals surface area contributed by atoms with Gasteiger partial charge < -0.3 is 18.9 Å². The van der Waals surface area contributed by atoms with E-state index in [4.69, 9.17) is 18.9 Å². The zero-order valence-corrected chi connectivity index (χ0v) is 15.3. The van der Waals surface area contributed by atoms with Gasteiger partial charge >= 0.3 is 11.9 Å². The number of carbonyl (C=O) groups is 2. The molecular weight excluding hydrogens is 348 g/mol. The molecule has 0 aromatic heterocycles. The predicted molar refractivity (Wildman–Crippen MR) is 98.2 cm³/mol. The fraction of sp³-hybridized carbons (Fsp3) is 0.333. The molecule has 2 aromatic carbocycles. The minimum absolute atomic E-state index is 0.433. The van der Waals surface area contributed by atoms with E-state index in [2.05, 4.69) is 0 Å². The number of ether oxygens (including phenoxy) is 4. The zero-order valence-electron chi connectivity index (χ0n) is 15.3. The highest BCUT2D eigenvalue weighted by molar-refractivity contribution is 5.90. The second-order valence-corrected chi connectivity index (χ2v) is 6.28. The van der Waals surface area contributed by atoms with Crippen LogP contribution < -0.4 is 9.47 Å². The topological polar surface area (TPSA) is 71.1 Å². The largest absolute Gasteiger partial charge is 0.497 e. The van der Waals surface area contributed by atoms with Crippen LogP contribution in [0.2, 0.25) is 0 Å². The van der Waals surface area contributed by atoms with E-state index in [1.807, 2.05) is 0 Å². The van der Waals surface area contributed by atoms with Gasteiger partial charge in [0, 0.05) is 0 Å². The van der Waals surface area contributed by atoms with Gasteiger partial charge in [0.2, 0.25) is 0 Å². The third-order valence-corrected chi connectivity index (χ3v) is 4.56. The van der Waals surface area contributed by atoms with Crippen LogP contribution in [0.5, 0.6) is 11.5 Å². The van der Waals surface area contributed by atoms with E-state index in [0.717, 1.165) is 6.42 Å². The van der Waals surface area contributed by atoms with Gasteiger partial charge in [-0.15, -0.1) is 0 Å². The maximum Gasteiger partial charge on any atom is 0.338 e. The Balaban J connectivity index is 1.60. The maximum atomic E-state index is 12.4. The number of esters is 2. The third-order valence-electron chi connectivity index (χ3n) is 4.56. The molecule has 0 radical (unpaired) electrons. The lowest BCUT2D eigenvalue weighted by atomic mass is 10.2. The van der Waals surface area contributed by atoms with Crippen molar-refractivity contribution in [1.82, 2.24) is 0 Å². The molecule has 2 unspecified atom stereocenters. The summed E-state index contributed by atoms with van der Waals surface area (Å²) in [5.74, 6) is 0.461. The van der Waals surface area contributed by atoms with Gasteiger partial charge in [-0.2, -0.15) is 0 Å². The minimum Gasteiger partial charge on any atom is -0.497 e. The Morgan fingerprint density at radius 3 is 1.41 bits per heavy atom. The van der Waals surface area contributed by atoms with Gasteiger partial charge in [0.25, 0.3) is 0 Å². The quantitative estimate of drug-likeness (QED) is 0.723. The van der Waals surface area contributed by atoms with Crippen molar-refractivity contribution >= 4 is 11.9 Å². The van der Waals surface area contributed by atoms with Crippen molar-refractivity contribution in [2.24, 2.45) is 0 Å². The molecule has 0 bridgehead atoms. The smallest absolute Gasteiger partial charge is 0.338 e. The van der Waals surface area contributed by atoms with Crippen molar-refractivity contribution in [2.45, 2.75) is 31.5 Å². The summed E-state index contributed by atoms with van der Waals surface area (Å²) in [6.07, 6.45) is 1.29. The fourth-order valence-electron chi connectivity index (χ4n) is 3.03. The van der Waals surface area contributed by atoms with Crippen LogP contribution in [0, 0.1) is 0 Å². The van der Waals surface area contributed by atoms with Crippen LogP contribution in [-0.4, -0.2) is 38.4 Å². The van der Waals surface area contributed by atoms with Crippen molar-refractivity contribution in [3.63, 3.8) is 0 Å². The van der Waals surface area contributed by atoms with Crippen LogP contribution >= 0.6 is 0 Å². The van der Waals surface area contributed by atoms with Gasteiger partial charge in [-0.05, 0) is 67.8 Å². The lowest BCUT2D eigenvalue weighted by Crippen LogP contribution is -2.30. The molecule has 142 valence electrons. The van der Waals surface area contributed by atoms with Crippen LogP contribution in [-0.2, 0) is 9.47 Å². The van der Waals surface area contributed by atoms with Gasteiger partial charge in [-0.1, -0.05) is 0 Å². The molecule has 0 saturated heterocycles. The van der Waals surface area contributed by atoms with Crippen molar-refractivity contribution in [3.8, 4) is 11.5 Å². The standard InChI is InChI=1S/C21H22O6/c1-24-16-10-6-14(7-11-16)20(22)26-18-4-3-5-19(18)27-21(23)15-8-12-17(25-2)13-9-15/h6-13,18-19H,3-5H2,1-2H3. The van der Waals surface area contributed by atoms with E-state index in [-0.39, 0.29) is 0 Å². The average molecular weight is 370 g/mol. The normalized spacial score (nSPS) is 18.6. The summed E-state index contributed by atoms with van der Waals surface area (Å²) in [6, 6.07) is 13.4. The summed E-state index contributed by atoms with van der Waals surface area (Å²) in [7, 11) is 3.13. The van der Waals surface area contributed by atoms with Gasteiger partial charge in [-0.25, -0.2) is 9.59 Å². The van der Waals surface area contributed by atoms with Gasteiger partial charge in [-0.3, -0.25) is 0 Å². The van der Waals surface area contributed by atoms with Crippen LogP contribution in [0.15, 0.2) is 48.5 Å². The number of methoxy groups -OCH3 is 2. The Bertz CT molecular complexity index is 714. The highest BCUT2D eigenvalue weighted by Gasteiger charge is 2.34. The Labute approximate surface area is 158 Å². The lowest BCUT2D eigenvalue weighted by molar-refractivity contribution is -0.0239. The molecule has 27 heavy (non-hydrogen) atoms. The second-order valence-electron chi connectivity index (χ2n) is 6.28. The summed E-state index contributed by atoms with van der Waals surface area (Å²) in [4.78, 5) is 24.7. The van der Waals surface area contributed by atoms with E-state index in [1.54, 1.807) is 62.8 Å². The van der Waals surface area contributed by atoms with Crippen LogP contribution in [0.25, 0.3) is 0 Å². The molecule has 3 rings (SSSR count). The van der Waals surface area contributed by atoms with Crippen LogP contribution in [0.3, 0.4) is 0 Å². The fourth-order valence-corrected chi connectivity index (χ4v) is 3.03. The monoisotopic (exact) mass is 370 g/mol. The number of carbonyl (C=O) groups excluding carboxylic acids is 2. The minimum atomic E-state index is -0.443. The van der Waals surface area contributed by atoms with Crippen molar-refractivity contribution in [3.05, 3.63) is 59.7 Å². The molecule has 1 saturated carbocycles. The van der Waals surface area contributed by atoms with Crippen LogP contribution in [0.1, 0.15) is 40.0 Å². The molecule has 0 spiro atoms. The van der Waals surface area contributed by atoms with E-state index in [9.17, 15) is 9.59 Å². The SMILES string of the molecule is COc1ccc(C(=O)OC2CCCC2OC(=O)c2ccc(OC)cc2)cc1. The highest BCUT2D eigenvalue weighted by Crippen LogP contribution is 2.27. The summed E-state index contributed by atoms with van der Waals surface area (Å²) in [5.41, 5.74) is 0.867. The second kappa shape index (κ2) is 8.58. The molecule has 2 aromatic rings. The number of hydrogen-bond acceptors (Lipinski definition) is 6. The van der Waals surface area contributed by atoms with E-state index in [1.165, 1.54) is 0 Å². The molecule has 0 amide bonds. The number of rotatable bonds is 6. The molecular formula is C21H22O6. The molecule has 2 atom stereocenters. The highest BCUT2D eigenvalue weighted by atomic mass is 16.6. The first-order valence-corrected chi connectivity index (χ1v) is 8.81. The third kappa shape index (κ3) is 4.58. The Morgan fingerprint density at radius 1 is 0.704 bits per heavy atom. The molecule has 0 aliphatic heterocycles. The molecule has 1 fully saturated rings. The summed E-state index contributed by atoms with van der Waals surface area (Å²) in [5, 5.41) is 0. The van der Waals surface area contributed by atoms with E-state index >= 15 is 0 Å². The molecule has 6 nitrogen and oxygen atoms in total. The van der Waals surface area contributed by atoms with E-state index in [0.29, 0.717) is 35.5 Å². The van der Waals surface area contributed by atoms with Crippen molar-refractivity contribution in [1.29, 1.82) is 0 Å². The lowest BCUT2D eigenvalue weighted by Gasteiger charge is -2.20. The first kappa shape index (κ1) is 18.8. The van der Waals surface area contributed by atoms with Crippen LogP contribution in [0.4, 0.5) is 0 Å². The summed E-state index contributed by atoms with van der Waals surface area (Å²) in [6.45, 7) is 0. The Kier molecular flexibility index (Phi) is 5.96. The van der Waals surface area contributed by atoms with Gasteiger partial charge in [0.15, 0.2) is 0 Å². The maximum absolute atomic E-state index is 12.4. The zero-order chi connectivity index (χ0) is 19.2. The Hall–Kier alpha value is -3.02. The van der Waals surface area contributed by atoms with E-state index < -0.39 is 24.1 Å². The Morgan fingerprint density at radius 2 is 1.07 bits per heavy atom. The molecule has 1 aliphatic rings. The van der Waals surface area contributed by atoms with Crippen molar-refractivity contribution < 1.29 is 28.5 Å². The molecule has 0 heterocycles. The van der Waals surface area contributed by atoms with Crippen molar-refractivity contribution in [2.75, 3.05) is 14.2 Å². The predicted octanol–water partition coefficient (Wildman–Crippen LogP) is 3.64. The average Bonchev–Trinajstić information content (AvgIpc) is 3.14. The summed E-state index contributed by atoms with van der Waals surface area (Å²) < 4.78 is 21.3.